The van der Waals surface area contributed by atoms with E-state index in [0.29, 0.717) is 6.61 Å². The topological polar surface area (TPSA) is 52.6 Å². The monoisotopic (exact) mass is 292 g/mol. The van der Waals surface area contributed by atoms with Gasteiger partial charge in [-0.2, -0.15) is 8.42 Å². The molecule has 5 heteroatoms. The van der Waals surface area contributed by atoms with Gasteiger partial charge in [0.15, 0.2) is 0 Å². The molecule has 0 spiro atoms. The third kappa shape index (κ3) is 3.66. The molecule has 2 aromatic rings. The lowest BCUT2D eigenvalue weighted by Gasteiger charge is -2.09. The Morgan fingerprint density at radius 2 is 1.40 bits per heavy atom. The van der Waals surface area contributed by atoms with Crippen LogP contribution in [0.4, 0.5) is 0 Å². The van der Waals surface area contributed by atoms with Crippen molar-refractivity contribution in [3.8, 4) is 0 Å². The maximum atomic E-state index is 12.0. The summed E-state index contributed by atoms with van der Waals surface area (Å²) >= 11 is 0. The first kappa shape index (κ1) is 14.7. The Balaban J connectivity index is 2.13. The molecule has 0 aromatic heterocycles. The molecule has 4 nitrogen and oxygen atoms in total. The van der Waals surface area contributed by atoms with Crippen molar-refractivity contribution < 1.29 is 17.3 Å². The van der Waals surface area contributed by atoms with E-state index in [9.17, 15) is 8.42 Å². The molecule has 0 fully saturated rings. The highest BCUT2D eigenvalue weighted by atomic mass is 32.2. The number of rotatable bonds is 6. The number of hydrogen-bond acceptors (Lipinski definition) is 4. The first-order valence-electron chi connectivity index (χ1n) is 6.13. The van der Waals surface area contributed by atoms with Crippen LogP contribution in [0.15, 0.2) is 59.5 Å². The van der Waals surface area contributed by atoms with E-state index in [0.717, 1.165) is 11.1 Å². The predicted molar refractivity (Wildman–Crippen MR) is 75.6 cm³/mol. The van der Waals surface area contributed by atoms with Crippen LogP contribution in [0.1, 0.15) is 11.1 Å². The molecule has 0 saturated carbocycles. The lowest BCUT2D eigenvalue weighted by atomic mass is 10.1. The zero-order chi connectivity index (χ0) is 14.4. The van der Waals surface area contributed by atoms with Crippen molar-refractivity contribution in [3.05, 3.63) is 65.7 Å². The molecule has 2 aromatic carbocycles. The molecule has 0 aliphatic heterocycles. The second-order valence-electron chi connectivity index (χ2n) is 4.23. The van der Waals surface area contributed by atoms with Crippen LogP contribution < -0.4 is 0 Å². The van der Waals surface area contributed by atoms with Crippen molar-refractivity contribution in [2.75, 3.05) is 7.11 Å². The summed E-state index contributed by atoms with van der Waals surface area (Å²) in [7, 11) is -2.14. The van der Waals surface area contributed by atoms with Gasteiger partial charge in [0.2, 0.25) is 0 Å². The van der Waals surface area contributed by atoms with Gasteiger partial charge in [0.1, 0.15) is 0 Å². The fourth-order valence-corrected chi connectivity index (χ4v) is 2.70. The quantitative estimate of drug-likeness (QED) is 0.768. The van der Waals surface area contributed by atoms with Gasteiger partial charge in [-0.05, 0) is 23.3 Å². The normalized spacial score (nSPS) is 11.4. The molecule has 0 N–H and O–H groups in total. The van der Waals surface area contributed by atoms with E-state index in [1.165, 1.54) is 12.1 Å². The van der Waals surface area contributed by atoms with Gasteiger partial charge in [-0.15, -0.1) is 0 Å². The second-order valence-corrected chi connectivity index (χ2v) is 5.85. The number of methoxy groups -OCH3 is 1. The van der Waals surface area contributed by atoms with Gasteiger partial charge in [0.05, 0.1) is 18.1 Å². The minimum Gasteiger partial charge on any atom is -0.380 e. The highest BCUT2D eigenvalue weighted by molar-refractivity contribution is 7.86. The molecule has 0 unspecified atom stereocenters. The predicted octanol–water partition coefficient (Wildman–Crippen LogP) is 2.74. The smallest absolute Gasteiger partial charge is 0.297 e. The Morgan fingerprint density at radius 3 is 2.00 bits per heavy atom. The zero-order valence-corrected chi connectivity index (χ0v) is 12.0. The first-order chi connectivity index (χ1) is 9.63. The van der Waals surface area contributed by atoms with Gasteiger partial charge in [-0.3, -0.25) is 4.18 Å². The summed E-state index contributed by atoms with van der Waals surface area (Å²) in [5, 5.41) is 0. The molecule has 0 heterocycles. The summed E-state index contributed by atoms with van der Waals surface area (Å²) in [5.74, 6) is 0. The summed E-state index contributed by atoms with van der Waals surface area (Å²) in [6, 6.07) is 15.5. The van der Waals surface area contributed by atoms with E-state index in [1.807, 2.05) is 24.3 Å². The minimum atomic E-state index is -3.73. The van der Waals surface area contributed by atoms with Crippen molar-refractivity contribution in [2.45, 2.75) is 18.1 Å². The minimum absolute atomic E-state index is 0.00321. The molecular formula is C15H16O4S. The van der Waals surface area contributed by atoms with E-state index < -0.39 is 10.1 Å². The third-order valence-electron chi connectivity index (χ3n) is 2.82. The van der Waals surface area contributed by atoms with Crippen molar-refractivity contribution in [3.63, 3.8) is 0 Å². The van der Waals surface area contributed by atoms with E-state index in [-0.39, 0.29) is 11.5 Å². The van der Waals surface area contributed by atoms with Crippen LogP contribution in [0.25, 0.3) is 0 Å². The Labute approximate surface area is 119 Å². The lowest BCUT2D eigenvalue weighted by Crippen LogP contribution is -2.07. The average molecular weight is 292 g/mol. The Kier molecular flexibility index (Phi) is 4.89. The van der Waals surface area contributed by atoms with Crippen LogP contribution in [0.5, 0.6) is 0 Å². The van der Waals surface area contributed by atoms with E-state index in [4.69, 9.17) is 8.92 Å². The first-order valence-corrected chi connectivity index (χ1v) is 7.54. The molecule has 2 rings (SSSR count). The van der Waals surface area contributed by atoms with Crippen LogP contribution >= 0.6 is 0 Å². The van der Waals surface area contributed by atoms with E-state index in [1.54, 1.807) is 25.3 Å². The number of ether oxygens (including phenoxy) is 1. The molecule has 0 amide bonds. The van der Waals surface area contributed by atoms with E-state index >= 15 is 0 Å². The molecule has 0 bridgehead atoms. The van der Waals surface area contributed by atoms with Crippen LogP contribution in [-0.2, 0) is 32.3 Å². The molecule has 0 aliphatic carbocycles. The summed E-state index contributed by atoms with van der Waals surface area (Å²) in [6.45, 7) is 0.418. The molecule has 0 radical (unpaired) electrons. The Morgan fingerprint density at radius 1 is 0.850 bits per heavy atom. The number of hydrogen-bond donors (Lipinski definition) is 0. The van der Waals surface area contributed by atoms with E-state index in [2.05, 4.69) is 0 Å². The van der Waals surface area contributed by atoms with Gasteiger partial charge in [0.25, 0.3) is 10.1 Å². The number of benzene rings is 2. The molecule has 0 atom stereocenters. The maximum Gasteiger partial charge on any atom is 0.297 e. The van der Waals surface area contributed by atoms with Crippen LogP contribution in [0, 0.1) is 0 Å². The SMILES string of the molecule is COCc1ccccc1COS(=O)(=O)c1ccccc1. The summed E-state index contributed by atoms with van der Waals surface area (Å²) in [5.41, 5.74) is 1.71. The maximum absolute atomic E-state index is 12.0. The van der Waals surface area contributed by atoms with Gasteiger partial charge in [-0.1, -0.05) is 42.5 Å². The van der Waals surface area contributed by atoms with Crippen LogP contribution in [0.2, 0.25) is 0 Å². The third-order valence-corrected chi connectivity index (χ3v) is 4.10. The molecular weight excluding hydrogens is 276 g/mol. The molecule has 0 saturated heterocycles. The largest absolute Gasteiger partial charge is 0.380 e. The summed E-state index contributed by atoms with van der Waals surface area (Å²) in [6.07, 6.45) is 0. The van der Waals surface area contributed by atoms with Gasteiger partial charge in [0, 0.05) is 7.11 Å². The van der Waals surface area contributed by atoms with Gasteiger partial charge in [-0.25, -0.2) is 0 Å². The molecule has 20 heavy (non-hydrogen) atoms. The van der Waals surface area contributed by atoms with Crippen molar-refractivity contribution in [1.29, 1.82) is 0 Å². The second kappa shape index (κ2) is 6.65. The Hall–Kier alpha value is -1.69. The summed E-state index contributed by atoms with van der Waals surface area (Å²) in [4.78, 5) is 0.157. The van der Waals surface area contributed by atoms with Crippen molar-refractivity contribution >= 4 is 10.1 Å². The summed E-state index contributed by atoms with van der Waals surface area (Å²) < 4.78 is 34.2. The van der Waals surface area contributed by atoms with Crippen molar-refractivity contribution in [1.82, 2.24) is 0 Å². The fourth-order valence-electron chi connectivity index (χ4n) is 1.79. The van der Waals surface area contributed by atoms with Gasteiger partial charge < -0.3 is 4.74 Å². The highest BCUT2D eigenvalue weighted by Gasteiger charge is 2.15. The van der Waals surface area contributed by atoms with Crippen molar-refractivity contribution in [2.24, 2.45) is 0 Å². The Bertz CT molecular complexity index is 651. The van der Waals surface area contributed by atoms with Crippen LogP contribution in [0.3, 0.4) is 0 Å². The fraction of sp³-hybridized carbons (Fsp3) is 0.200. The standard InChI is InChI=1S/C15H16O4S/c1-18-11-13-7-5-6-8-14(13)12-19-20(16,17)15-9-3-2-4-10-15/h2-10H,11-12H2,1H3. The lowest BCUT2D eigenvalue weighted by molar-refractivity contribution is 0.182. The highest BCUT2D eigenvalue weighted by Crippen LogP contribution is 2.16. The zero-order valence-electron chi connectivity index (χ0n) is 11.2. The van der Waals surface area contributed by atoms with Gasteiger partial charge >= 0.3 is 0 Å². The molecule has 0 aliphatic rings. The van der Waals surface area contributed by atoms with Crippen LogP contribution in [-0.4, -0.2) is 15.5 Å². The average Bonchev–Trinajstić information content (AvgIpc) is 2.48. The molecule has 106 valence electrons.